The molecule has 3 atom stereocenters. The summed E-state index contributed by atoms with van der Waals surface area (Å²) in [7, 11) is 0. The zero-order valence-electron chi connectivity index (χ0n) is 6.17. The number of Topliss-reactive ketones (excluding diaryl/α,β-unsaturated/α-hetero) is 1. The first-order valence-electron chi connectivity index (χ1n) is 3.95. The minimum absolute atomic E-state index is 0.166. The van der Waals surface area contributed by atoms with Crippen LogP contribution in [0.1, 0.15) is 26.2 Å². The summed E-state index contributed by atoms with van der Waals surface area (Å²) >= 11 is 0. The molecule has 0 amide bonds. The lowest BCUT2D eigenvalue weighted by Crippen LogP contribution is -2.33. The summed E-state index contributed by atoms with van der Waals surface area (Å²) in [5.74, 6) is 0.567. The molecule has 10 heavy (non-hydrogen) atoms. The van der Waals surface area contributed by atoms with Crippen molar-refractivity contribution in [1.29, 1.82) is 0 Å². The molecule has 0 aromatic carbocycles. The van der Waals surface area contributed by atoms with E-state index in [0.717, 1.165) is 12.8 Å². The molecule has 0 aromatic rings. The first-order valence-corrected chi connectivity index (χ1v) is 3.95. The summed E-state index contributed by atoms with van der Waals surface area (Å²) in [4.78, 5) is 11.2. The fourth-order valence-corrected chi connectivity index (χ4v) is 1.87. The summed E-state index contributed by atoms with van der Waals surface area (Å²) < 4.78 is 5.56. The van der Waals surface area contributed by atoms with Crippen molar-refractivity contribution in [2.75, 3.05) is 0 Å². The van der Waals surface area contributed by atoms with Gasteiger partial charge in [-0.1, -0.05) is 6.92 Å². The molecule has 2 aliphatic rings. The van der Waals surface area contributed by atoms with E-state index < -0.39 is 0 Å². The van der Waals surface area contributed by atoms with Crippen molar-refractivity contribution in [3.05, 3.63) is 0 Å². The van der Waals surface area contributed by atoms with Gasteiger partial charge in [0.2, 0.25) is 0 Å². The van der Waals surface area contributed by atoms with Crippen molar-refractivity contribution in [1.82, 2.24) is 0 Å². The normalized spacial score (nSPS) is 46.1. The molecule has 0 spiro atoms. The number of fused-ring (bicyclic) bond motifs is 2. The molecule has 2 bridgehead atoms. The Morgan fingerprint density at radius 2 is 2.30 bits per heavy atom. The minimum atomic E-state index is 0.166. The van der Waals surface area contributed by atoms with Gasteiger partial charge in [-0.25, -0.2) is 0 Å². The van der Waals surface area contributed by atoms with Crippen LogP contribution in [0.4, 0.5) is 0 Å². The van der Waals surface area contributed by atoms with Crippen LogP contribution in [0, 0.1) is 5.92 Å². The van der Waals surface area contributed by atoms with Crippen molar-refractivity contribution in [3.63, 3.8) is 0 Å². The monoisotopic (exact) mass is 140 g/mol. The van der Waals surface area contributed by atoms with Crippen molar-refractivity contribution in [2.45, 2.75) is 38.4 Å². The molecule has 0 aromatic heterocycles. The molecule has 0 saturated carbocycles. The topological polar surface area (TPSA) is 26.3 Å². The van der Waals surface area contributed by atoms with Gasteiger partial charge >= 0.3 is 0 Å². The van der Waals surface area contributed by atoms with E-state index in [0.29, 0.717) is 12.2 Å². The van der Waals surface area contributed by atoms with Gasteiger partial charge in [-0.15, -0.1) is 0 Å². The molecule has 2 nitrogen and oxygen atoms in total. The second-order valence-corrected chi connectivity index (χ2v) is 3.33. The predicted octanol–water partition coefficient (Wildman–Crippen LogP) is 1.14. The van der Waals surface area contributed by atoms with Gasteiger partial charge in [-0.05, 0) is 12.8 Å². The summed E-state index contributed by atoms with van der Waals surface area (Å²) in [5.41, 5.74) is 0. The highest BCUT2D eigenvalue weighted by atomic mass is 16.5. The number of ether oxygens (including phenoxy) is 1. The first-order chi connectivity index (χ1) is 4.77. The van der Waals surface area contributed by atoms with E-state index in [2.05, 4.69) is 0 Å². The van der Waals surface area contributed by atoms with Gasteiger partial charge in [0.1, 0.15) is 5.78 Å². The Labute approximate surface area is 60.6 Å². The first kappa shape index (κ1) is 6.35. The van der Waals surface area contributed by atoms with E-state index in [1.807, 2.05) is 6.92 Å². The van der Waals surface area contributed by atoms with Gasteiger partial charge in [0.05, 0.1) is 12.2 Å². The molecule has 0 aliphatic carbocycles. The third kappa shape index (κ3) is 0.788. The Kier molecular flexibility index (Phi) is 1.31. The number of rotatable bonds is 0. The Balaban J connectivity index is 2.17. The third-order valence-corrected chi connectivity index (χ3v) is 2.63. The maximum absolute atomic E-state index is 11.2. The van der Waals surface area contributed by atoms with Crippen molar-refractivity contribution < 1.29 is 9.53 Å². The van der Waals surface area contributed by atoms with E-state index in [4.69, 9.17) is 4.74 Å². The highest BCUT2D eigenvalue weighted by Crippen LogP contribution is 2.33. The van der Waals surface area contributed by atoms with E-state index >= 15 is 0 Å². The zero-order valence-corrected chi connectivity index (χ0v) is 6.17. The minimum Gasteiger partial charge on any atom is -0.374 e. The van der Waals surface area contributed by atoms with E-state index in [1.54, 1.807) is 0 Å². The summed E-state index contributed by atoms with van der Waals surface area (Å²) in [5, 5.41) is 0. The second-order valence-electron chi connectivity index (χ2n) is 3.33. The standard InChI is InChI=1S/C8H12O2/c1-5-7(9)4-6-2-3-8(5)10-6/h5-6,8H,2-4H2,1H3. The van der Waals surface area contributed by atoms with Crippen LogP contribution in [0.25, 0.3) is 0 Å². The van der Waals surface area contributed by atoms with Crippen LogP contribution in [0.2, 0.25) is 0 Å². The molecular formula is C8H12O2. The van der Waals surface area contributed by atoms with E-state index in [-0.39, 0.29) is 18.1 Å². The summed E-state index contributed by atoms with van der Waals surface area (Å²) in [6.07, 6.45) is 3.38. The van der Waals surface area contributed by atoms with Crippen LogP contribution in [0.15, 0.2) is 0 Å². The van der Waals surface area contributed by atoms with E-state index in [1.165, 1.54) is 0 Å². The average molecular weight is 140 g/mol. The van der Waals surface area contributed by atoms with Crippen LogP contribution in [-0.4, -0.2) is 18.0 Å². The third-order valence-electron chi connectivity index (χ3n) is 2.63. The molecule has 2 saturated heterocycles. The van der Waals surface area contributed by atoms with Gasteiger partial charge in [0.25, 0.3) is 0 Å². The maximum Gasteiger partial charge on any atom is 0.140 e. The zero-order chi connectivity index (χ0) is 7.14. The average Bonchev–Trinajstić information content (AvgIpc) is 2.29. The Morgan fingerprint density at radius 1 is 1.50 bits per heavy atom. The predicted molar refractivity (Wildman–Crippen MR) is 36.7 cm³/mol. The van der Waals surface area contributed by atoms with Gasteiger partial charge in [0, 0.05) is 12.3 Å². The van der Waals surface area contributed by atoms with Gasteiger partial charge in [0.15, 0.2) is 0 Å². The summed E-state index contributed by atoms with van der Waals surface area (Å²) in [6, 6.07) is 0. The van der Waals surface area contributed by atoms with Crippen LogP contribution in [-0.2, 0) is 9.53 Å². The number of ketones is 1. The van der Waals surface area contributed by atoms with Crippen molar-refractivity contribution >= 4 is 5.78 Å². The molecule has 2 rings (SSSR count). The van der Waals surface area contributed by atoms with Gasteiger partial charge in [-0.2, -0.15) is 0 Å². The molecule has 3 unspecified atom stereocenters. The fourth-order valence-electron chi connectivity index (χ4n) is 1.87. The van der Waals surface area contributed by atoms with Gasteiger partial charge in [-0.3, -0.25) is 4.79 Å². The Morgan fingerprint density at radius 3 is 3.10 bits per heavy atom. The molecule has 2 heteroatoms. The van der Waals surface area contributed by atoms with Crippen molar-refractivity contribution in [2.24, 2.45) is 5.92 Å². The van der Waals surface area contributed by atoms with Crippen LogP contribution < -0.4 is 0 Å². The lowest BCUT2D eigenvalue weighted by atomic mass is 9.96. The molecule has 2 heterocycles. The number of hydrogen-bond acceptors (Lipinski definition) is 2. The van der Waals surface area contributed by atoms with Crippen LogP contribution in [0.5, 0.6) is 0 Å². The molecule has 2 aliphatic heterocycles. The molecule has 0 radical (unpaired) electrons. The second kappa shape index (κ2) is 2.06. The van der Waals surface area contributed by atoms with Crippen molar-refractivity contribution in [3.8, 4) is 0 Å². The van der Waals surface area contributed by atoms with Gasteiger partial charge < -0.3 is 4.74 Å². The molecule has 56 valence electrons. The smallest absolute Gasteiger partial charge is 0.140 e. The van der Waals surface area contributed by atoms with Crippen LogP contribution >= 0.6 is 0 Å². The lowest BCUT2D eigenvalue weighted by Gasteiger charge is -2.24. The van der Waals surface area contributed by atoms with Crippen LogP contribution in [0.3, 0.4) is 0 Å². The number of carbonyl (C=O) groups is 1. The lowest BCUT2D eigenvalue weighted by molar-refractivity contribution is -0.136. The molecule has 2 fully saturated rings. The SMILES string of the molecule is CC1C(=O)CC2CCC1O2. The molecule has 0 N–H and O–H groups in total. The highest BCUT2D eigenvalue weighted by Gasteiger charge is 2.39. The quantitative estimate of drug-likeness (QED) is 0.504. The molecular weight excluding hydrogens is 128 g/mol. The summed E-state index contributed by atoms with van der Waals surface area (Å²) in [6.45, 7) is 1.98. The largest absolute Gasteiger partial charge is 0.374 e. The Hall–Kier alpha value is -0.370. The Bertz CT molecular complexity index is 165. The number of hydrogen-bond donors (Lipinski definition) is 0. The van der Waals surface area contributed by atoms with E-state index in [9.17, 15) is 4.79 Å². The fraction of sp³-hybridized carbons (Fsp3) is 0.875. The number of carbonyl (C=O) groups excluding carboxylic acids is 1. The highest BCUT2D eigenvalue weighted by molar-refractivity contribution is 5.82. The maximum atomic E-state index is 11.2.